The van der Waals surface area contributed by atoms with Gasteiger partial charge in [-0.25, -0.2) is 4.79 Å². The van der Waals surface area contributed by atoms with E-state index in [2.05, 4.69) is 0 Å². The van der Waals surface area contributed by atoms with E-state index in [0.29, 0.717) is 12.1 Å². The Morgan fingerprint density at radius 3 is 2.40 bits per heavy atom. The van der Waals surface area contributed by atoms with Gasteiger partial charge in [0.05, 0.1) is 7.11 Å². The molecule has 2 aromatic rings. The van der Waals surface area contributed by atoms with Gasteiger partial charge in [-0.3, -0.25) is 4.79 Å². The van der Waals surface area contributed by atoms with Gasteiger partial charge in [-0.1, -0.05) is 12.1 Å². The molecule has 0 aliphatic carbocycles. The molecule has 0 spiro atoms. The minimum absolute atomic E-state index is 0.103. The number of ketones is 1. The van der Waals surface area contributed by atoms with Gasteiger partial charge in [-0.15, -0.1) is 0 Å². The number of hydrogen-bond donors (Lipinski definition) is 1. The molecule has 0 amide bonds. The molecule has 1 aromatic heterocycles. The summed E-state index contributed by atoms with van der Waals surface area (Å²) in [7, 11) is 1.59. The number of nitrogens with zero attached hydrogens (tertiary/aromatic N) is 1. The molecule has 0 aliphatic heterocycles. The summed E-state index contributed by atoms with van der Waals surface area (Å²) in [6.07, 6.45) is 1.57. The molecule has 0 unspecified atom stereocenters. The SMILES string of the molecule is COc1ccc(Cn2cc(C(C)=O)cc2C(=O)O)cc1. The first-order chi connectivity index (χ1) is 9.51. The predicted molar refractivity (Wildman–Crippen MR) is 73.5 cm³/mol. The summed E-state index contributed by atoms with van der Waals surface area (Å²) in [5, 5.41) is 9.17. The Morgan fingerprint density at radius 2 is 1.90 bits per heavy atom. The summed E-state index contributed by atoms with van der Waals surface area (Å²) in [5.74, 6) is -0.462. The van der Waals surface area contributed by atoms with Crippen LogP contribution in [0.3, 0.4) is 0 Å². The van der Waals surface area contributed by atoms with Crippen LogP contribution in [0.15, 0.2) is 36.5 Å². The Bertz CT molecular complexity index is 640. The van der Waals surface area contributed by atoms with Crippen LogP contribution in [0.4, 0.5) is 0 Å². The first-order valence-corrected chi connectivity index (χ1v) is 6.08. The van der Waals surface area contributed by atoms with Crippen molar-refractivity contribution in [2.24, 2.45) is 0 Å². The molecule has 1 aromatic carbocycles. The molecule has 0 atom stereocenters. The molecule has 5 nitrogen and oxygen atoms in total. The third kappa shape index (κ3) is 2.88. The van der Waals surface area contributed by atoms with E-state index < -0.39 is 5.97 Å². The van der Waals surface area contributed by atoms with E-state index in [-0.39, 0.29) is 11.5 Å². The molecular weight excluding hydrogens is 258 g/mol. The average Bonchev–Trinajstić information content (AvgIpc) is 2.84. The van der Waals surface area contributed by atoms with Crippen LogP contribution in [0.2, 0.25) is 0 Å². The molecule has 0 saturated carbocycles. The Morgan fingerprint density at radius 1 is 1.25 bits per heavy atom. The maximum Gasteiger partial charge on any atom is 0.352 e. The smallest absolute Gasteiger partial charge is 0.352 e. The number of carbonyl (C=O) groups excluding carboxylic acids is 1. The van der Waals surface area contributed by atoms with Gasteiger partial charge in [0.15, 0.2) is 5.78 Å². The number of methoxy groups -OCH3 is 1. The van der Waals surface area contributed by atoms with Gasteiger partial charge in [-0.2, -0.15) is 0 Å². The molecule has 5 heteroatoms. The molecule has 104 valence electrons. The van der Waals surface area contributed by atoms with Crippen molar-refractivity contribution in [3.8, 4) is 5.75 Å². The summed E-state index contributed by atoms with van der Waals surface area (Å²) < 4.78 is 6.63. The highest BCUT2D eigenvalue weighted by atomic mass is 16.5. The van der Waals surface area contributed by atoms with E-state index in [1.54, 1.807) is 17.9 Å². The molecule has 0 bridgehead atoms. The topological polar surface area (TPSA) is 68.5 Å². The maximum absolute atomic E-state index is 11.3. The van der Waals surface area contributed by atoms with Gasteiger partial charge in [0.1, 0.15) is 11.4 Å². The highest BCUT2D eigenvalue weighted by Gasteiger charge is 2.14. The second-order valence-corrected chi connectivity index (χ2v) is 4.45. The van der Waals surface area contributed by atoms with E-state index in [9.17, 15) is 9.59 Å². The minimum Gasteiger partial charge on any atom is -0.497 e. The fraction of sp³-hybridized carbons (Fsp3) is 0.200. The molecule has 0 saturated heterocycles. The second-order valence-electron chi connectivity index (χ2n) is 4.45. The number of carboxylic acid groups (broad SMARTS) is 1. The summed E-state index contributed by atoms with van der Waals surface area (Å²) in [5.41, 5.74) is 1.43. The molecule has 20 heavy (non-hydrogen) atoms. The Hall–Kier alpha value is -2.56. The van der Waals surface area contributed by atoms with Crippen molar-refractivity contribution in [1.82, 2.24) is 4.57 Å². The number of carboxylic acids is 1. The zero-order valence-electron chi connectivity index (χ0n) is 11.3. The maximum atomic E-state index is 11.3. The third-order valence-electron chi connectivity index (χ3n) is 3.03. The Labute approximate surface area is 116 Å². The summed E-state index contributed by atoms with van der Waals surface area (Å²) >= 11 is 0. The van der Waals surface area contributed by atoms with Crippen molar-refractivity contribution in [1.29, 1.82) is 0 Å². The van der Waals surface area contributed by atoms with Crippen molar-refractivity contribution < 1.29 is 19.4 Å². The van der Waals surface area contributed by atoms with Crippen molar-refractivity contribution in [3.05, 3.63) is 53.3 Å². The number of aromatic carboxylic acids is 1. The molecule has 1 heterocycles. The number of carbonyl (C=O) groups is 2. The van der Waals surface area contributed by atoms with Gasteiger partial charge in [0, 0.05) is 18.3 Å². The van der Waals surface area contributed by atoms with Crippen LogP contribution in [0, 0.1) is 0 Å². The number of benzene rings is 1. The monoisotopic (exact) mass is 273 g/mol. The quantitative estimate of drug-likeness (QED) is 0.849. The second kappa shape index (κ2) is 5.61. The van der Waals surface area contributed by atoms with Crippen molar-refractivity contribution >= 4 is 11.8 Å². The summed E-state index contributed by atoms with van der Waals surface area (Å²) in [4.78, 5) is 22.5. The Balaban J connectivity index is 2.31. The number of aromatic nitrogens is 1. The summed E-state index contributed by atoms with van der Waals surface area (Å²) in [6, 6.07) is 8.74. The van der Waals surface area contributed by atoms with Crippen LogP contribution in [-0.2, 0) is 6.54 Å². The highest BCUT2D eigenvalue weighted by Crippen LogP contribution is 2.15. The van der Waals surface area contributed by atoms with Gasteiger partial charge < -0.3 is 14.4 Å². The summed E-state index contributed by atoms with van der Waals surface area (Å²) in [6.45, 7) is 1.80. The van der Waals surface area contributed by atoms with Crippen LogP contribution in [0.25, 0.3) is 0 Å². The van der Waals surface area contributed by atoms with E-state index in [0.717, 1.165) is 11.3 Å². The lowest BCUT2D eigenvalue weighted by atomic mass is 10.2. The fourth-order valence-corrected chi connectivity index (χ4v) is 1.94. The van der Waals surface area contributed by atoms with Crippen LogP contribution >= 0.6 is 0 Å². The van der Waals surface area contributed by atoms with Crippen LogP contribution in [0.5, 0.6) is 5.75 Å². The van der Waals surface area contributed by atoms with E-state index in [1.807, 2.05) is 24.3 Å². The van der Waals surface area contributed by atoms with E-state index in [4.69, 9.17) is 9.84 Å². The number of rotatable bonds is 5. The standard InChI is InChI=1S/C15H15NO4/c1-10(17)12-7-14(15(18)19)16(9-12)8-11-3-5-13(20-2)6-4-11/h3-7,9H,8H2,1-2H3,(H,18,19). The first kappa shape index (κ1) is 13.9. The van der Waals surface area contributed by atoms with Crippen LogP contribution in [0.1, 0.15) is 33.3 Å². The number of ether oxygens (including phenoxy) is 1. The average molecular weight is 273 g/mol. The lowest BCUT2D eigenvalue weighted by Gasteiger charge is -2.07. The molecule has 1 N–H and O–H groups in total. The highest BCUT2D eigenvalue weighted by molar-refractivity contribution is 5.97. The number of Topliss-reactive ketones (excluding diaryl/α,β-unsaturated/α-hetero) is 1. The van der Waals surface area contributed by atoms with Gasteiger partial charge in [-0.05, 0) is 30.7 Å². The Kier molecular flexibility index (Phi) is 3.89. The van der Waals surface area contributed by atoms with Gasteiger partial charge >= 0.3 is 5.97 Å². The largest absolute Gasteiger partial charge is 0.497 e. The normalized spacial score (nSPS) is 10.3. The molecule has 0 radical (unpaired) electrons. The van der Waals surface area contributed by atoms with E-state index >= 15 is 0 Å². The van der Waals surface area contributed by atoms with Crippen molar-refractivity contribution in [3.63, 3.8) is 0 Å². The molecule has 0 fully saturated rings. The van der Waals surface area contributed by atoms with E-state index in [1.165, 1.54) is 13.0 Å². The molecule has 0 aliphatic rings. The first-order valence-electron chi connectivity index (χ1n) is 6.08. The molecule has 2 rings (SSSR count). The molecular formula is C15H15NO4. The van der Waals surface area contributed by atoms with Crippen molar-refractivity contribution in [2.45, 2.75) is 13.5 Å². The number of hydrogen-bond acceptors (Lipinski definition) is 3. The zero-order chi connectivity index (χ0) is 14.7. The fourth-order valence-electron chi connectivity index (χ4n) is 1.94. The minimum atomic E-state index is -1.05. The predicted octanol–water partition coefficient (Wildman–Crippen LogP) is 2.45. The van der Waals surface area contributed by atoms with Crippen molar-refractivity contribution in [2.75, 3.05) is 7.11 Å². The van der Waals surface area contributed by atoms with Crippen LogP contribution < -0.4 is 4.74 Å². The zero-order valence-corrected chi connectivity index (χ0v) is 11.3. The lowest BCUT2D eigenvalue weighted by molar-refractivity contribution is 0.0685. The van der Waals surface area contributed by atoms with Gasteiger partial charge in [0.2, 0.25) is 0 Å². The lowest BCUT2D eigenvalue weighted by Crippen LogP contribution is -2.08. The van der Waals surface area contributed by atoms with Gasteiger partial charge in [0.25, 0.3) is 0 Å². The van der Waals surface area contributed by atoms with Crippen LogP contribution in [-0.4, -0.2) is 28.5 Å². The third-order valence-corrected chi connectivity index (χ3v) is 3.03.